The molecule has 1 nitrogen and oxygen atoms in total. The molecule has 0 radical (unpaired) electrons. The molecule has 0 heterocycles. The summed E-state index contributed by atoms with van der Waals surface area (Å²) >= 11 is 3.26. The molecular weight excluding hydrogens is 307 g/mol. The summed E-state index contributed by atoms with van der Waals surface area (Å²) in [5.41, 5.74) is 0.773. The SMILES string of the molecule is CCC1CCC(C(=O)Cc2cc(F)cc(Br)c2)CC1. The van der Waals surface area contributed by atoms with Crippen molar-refractivity contribution in [1.82, 2.24) is 0 Å². The Morgan fingerprint density at radius 2 is 1.95 bits per heavy atom. The van der Waals surface area contributed by atoms with E-state index in [1.807, 2.05) is 6.07 Å². The molecule has 19 heavy (non-hydrogen) atoms. The van der Waals surface area contributed by atoms with Gasteiger partial charge in [-0.3, -0.25) is 4.79 Å². The molecule has 1 saturated carbocycles. The summed E-state index contributed by atoms with van der Waals surface area (Å²) in [6.45, 7) is 2.22. The summed E-state index contributed by atoms with van der Waals surface area (Å²) < 4.78 is 14.0. The lowest BCUT2D eigenvalue weighted by atomic mass is 9.78. The minimum absolute atomic E-state index is 0.185. The number of carbonyl (C=O) groups excluding carboxylic acids is 1. The molecule has 1 fully saturated rings. The van der Waals surface area contributed by atoms with Crippen LogP contribution in [0.3, 0.4) is 0 Å². The quantitative estimate of drug-likeness (QED) is 0.767. The second-order valence-corrected chi connectivity index (χ2v) is 6.46. The first-order chi connectivity index (χ1) is 9.08. The van der Waals surface area contributed by atoms with Crippen LogP contribution in [0.5, 0.6) is 0 Å². The molecule has 3 heteroatoms. The van der Waals surface area contributed by atoms with Gasteiger partial charge in [-0.05, 0) is 55.4 Å². The van der Waals surface area contributed by atoms with E-state index in [0.29, 0.717) is 10.9 Å². The van der Waals surface area contributed by atoms with Crippen LogP contribution in [0.15, 0.2) is 22.7 Å². The van der Waals surface area contributed by atoms with Gasteiger partial charge in [0.1, 0.15) is 11.6 Å². The maximum Gasteiger partial charge on any atom is 0.140 e. The third-order valence-electron chi connectivity index (χ3n) is 4.18. The van der Waals surface area contributed by atoms with Crippen molar-refractivity contribution in [3.63, 3.8) is 0 Å². The van der Waals surface area contributed by atoms with E-state index in [4.69, 9.17) is 0 Å². The maximum absolute atomic E-state index is 13.3. The molecular formula is C16H20BrFO. The Morgan fingerprint density at radius 1 is 1.26 bits per heavy atom. The largest absolute Gasteiger partial charge is 0.299 e. The van der Waals surface area contributed by atoms with Crippen molar-refractivity contribution in [1.29, 1.82) is 0 Å². The first-order valence-electron chi connectivity index (χ1n) is 7.06. The normalized spacial score (nSPS) is 23.3. The molecule has 0 N–H and O–H groups in total. The molecule has 104 valence electrons. The number of rotatable bonds is 4. The average molecular weight is 327 g/mol. The lowest BCUT2D eigenvalue weighted by Gasteiger charge is -2.26. The van der Waals surface area contributed by atoms with E-state index < -0.39 is 0 Å². The van der Waals surface area contributed by atoms with Gasteiger partial charge in [-0.25, -0.2) is 4.39 Å². The fourth-order valence-electron chi connectivity index (χ4n) is 2.95. The highest BCUT2D eigenvalue weighted by atomic mass is 79.9. The van der Waals surface area contributed by atoms with Gasteiger partial charge in [-0.1, -0.05) is 29.3 Å². The Balaban J connectivity index is 1.94. The Kier molecular flexibility index (Phi) is 5.14. The molecule has 0 aliphatic heterocycles. The average Bonchev–Trinajstić information content (AvgIpc) is 2.37. The van der Waals surface area contributed by atoms with E-state index in [-0.39, 0.29) is 17.5 Å². The van der Waals surface area contributed by atoms with Crippen LogP contribution >= 0.6 is 15.9 Å². The molecule has 0 saturated heterocycles. The first kappa shape index (κ1) is 14.7. The summed E-state index contributed by atoms with van der Waals surface area (Å²) in [5, 5.41) is 0. The van der Waals surface area contributed by atoms with E-state index >= 15 is 0 Å². The molecule has 1 aliphatic rings. The molecule has 1 aromatic carbocycles. The van der Waals surface area contributed by atoms with Gasteiger partial charge in [0.25, 0.3) is 0 Å². The number of hydrogen-bond acceptors (Lipinski definition) is 1. The first-order valence-corrected chi connectivity index (χ1v) is 7.85. The molecule has 0 spiro atoms. The van der Waals surface area contributed by atoms with Gasteiger partial charge in [0.2, 0.25) is 0 Å². The van der Waals surface area contributed by atoms with E-state index in [9.17, 15) is 9.18 Å². The van der Waals surface area contributed by atoms with Crippen molar-refractivity contribution in [2.24, 2.45) is 11.8 Å². The monoisotopic (exact) mass is 326 g/mol. The highest BCUT2D eigenvalue weighted by molar-refractivity contribution is 9.10. The maximum atomic E-state index is 13.3. The van der Waals surface area contributed by atoms with Crippen LogP contribution < -0.4 is 0 Å². The van der Waals surface area contributed by atoms with E-state index in [1.165, 1.54) is 31.4 Å². The number of halogens is 2. The van der Waals surface area contributed by atoms with Crippen LogP contribution in [0.25, 0.3) is 0 Å². The van der Waals surface area contributed by atoms with Crippen LogP contribution in [0.4, 0.5) is 4.39 Å². The fraction of sp³-hybridized carbons (Fsp3) is 0.562. The molecule has 0 unspecified atom stereocenters. The molecule has 0 bridgehead atoms. The van der Waals surface area contributed by atoms with Gasteiger partial charge < -0.3 is 0 Å². The molecule has 0 atom stereocenters. The van der Waals surface area contributed by atoms with Gasteiger partial charge in [-0.15, -0.1) is 0 Å². The summed E-state index contributed by atoms with van der Waals surface area (Å²) in [4.78, 5) is 12.2. The number of hydrogen-bond donors (Lipinski definition) is 0. The van der Waals surface area contributed by atoms with Crippen LogP contribution in [0.2, 0.25) is 0 Å². The van der Waals surface area contributed by atoms with Gasteiger partial charge >= 0.3 is 0 Å². The van der Waals surface area contributed by atoms with Crippen LogP contribution in [0.1, 0.15) is 44.6 Å². The van der Waals surface area contributed by atoms with Crippen molar-refractivity contribution < 1.29 is 9.18 Å². The highest BCUT2D eigenvalue weighted by Gasteiger charge is 2.25. The second kappa shape index (κ2) is 6.65. The lowest BCUT2D eigenvalue weighted by molar-refractivity contribution is -0.123. The standard InChI is InChI=1S/C16H20BrFO/c1-2-11-3-5-13(6-4-11)16(19)9-12-7-14(17)10-15(18)8-12/h7-8,10-11,13H,2-6,9H2,1H3. The zero-order valence-corrected chi connectivity index (χ0v) is 12.9. The highest BCUT2D eigenvalue weighted by Crippen LogP contribution is 2.31. The Hall–Kier alpha value is -0.700. The molecule has 2 rings (SSSR count). The van der Waals surface area contributed by atoms with Crippen molar-refractivity contribution >= 4 is 21.7 Å². The van der Waals surface area contributed by atoms with Gasteiger partial charge in [-0.2, -0.15) is 0 Å². The third-order valence-corrected chi connectivity index (χ3v) is 4.64. The molecule has 0 aromatic heterocycles. The van der Waals surface area contributed by atoms with Crippen LogP contribution in [0, 0.1) is 17.7 Å². The summed E-state index contributed by atoms with van der Waals surface area (Å²) in [7, 11) is 0. The van der Waals surface area contributed by atoms with Gasteiger partial charge in [0.15, 0.2) is 0 Å². The predicted octanol–water partition coefficient (Wildman–Crippen LogP) is 4.92. The number of Topliss-reactive ketones (excluding diaryl/α,β-unsaturated/α-hetero) is 1. The van der Waals surface area contributed by atoms with E-state index in [2.05, 4.69) is 22.9 Å². The van der Waals surface area contributed by atoms with E-state index in [0.717, 1.165) is 24.3 Å². The molecule has 1 aromatic rings. The third kappa shape index (κ3) is 4.13. The molecule has 1 aliphatic carbocycles. The van der Waals surface area contributed by atoms with Crippen molar-refractivity contribution in [3.05, 3.63) is 34.1 Å². The van der Waals surface area contributed by atoms with Crippen molar-refractivity contribution in [2.75, 3.05) is 0 Å². The zero-order chi connectivity index (χ0) is 13.8. The van der Waals surface area contributed by atoms with Crippen molar-refractivity contribution in [2.45, 2.75) is 45.4 Å². The summed E-state index contributed by atoms with van der Waals surface area (Å²) in [6.07, 6.45) is 5.93. The minimum atomic E-state index is -0.285. The van der Waals surface area contributed by atoms with E-state index in [1.54, 1.807) is 0 Å². The zero-order valence-electron chi connectivity index (χ0n) is 11.3. The Bertz CT molecular complexity index is 430. The fourth-order valence-corrected chi connectivity index (χ4v) is 3.46. The molecule has 0 amide bonds. The number of benzene rings is 1. The summed E-state index contributed by atoms with van der Waals surface area (Å²) in [5.74, 6) is 0.969. The Labute approximate surface area is 122 Å². The smallest absolute Gasteiger partial charge is 0.140 e. The topological polar surface area (TPSA) is 17.1 Å². The number of ketones is 1. The predicted molar refractivity (Wildman–Crippen MR) is 78.6 cm³/mol. The van der Waals surface area contributed by atoms with Crippen LogP contribution in [-0.2, 0) is 11.2 Å². The van der Waals surface area contributed by atoms with Crippen molar-refractivity contribution in [3.8, 4) is 0 Å². The lowest BCUT2D eigenvalue weighted by Crippen LogP contribution is -2.23. The number of carbonyl (C=O) groups is 1. The Morgan fingerprint density at radius 3 is 2.53 bits per heavy atom. The minimum Gasteiger partial charge on any atom is -0.299 e. The summed E-state index contributed by atoms with van der Waals surface area (Å²) in [6, 6.07) is 4.71. The van der Waals surface area contributed by atoms with Gasteiger partial charge in [0.05, 0.1) is 0 Å². The van der Waals surface area contributed by atoms with Gasteiger partial charge in [0, 0.05) is 16.8 Å². The second-order valence-electron chi connectivity index (χ2n) is 5.55. The van der Waals surface area contributed by atoms with Crippen LogP contribution in [-0.4, -0.2) is 5.78 Å².